The summed E-state index contributed by atoms with van der Waals surface area (Å²) >= 11 is 0. The molecule has 3 rings (SSSR count). The Bertz CT molecular complexity index is 878. The van der Waals surface area contributed by atoms with Crippen LogP contribution in [0.15, 0.2) is 35.4 Å². The van der Waals surface area contributed by atoms with Crippen molar-refractivity contribution >= 4 is 26.8 Å². The molecule has 1 aliphatic carbocycles. The summed E-state index contributed by atoms with van der Waals surface area (Å²) < 4.78 is 32.5. The molecule has 8 heteroatoms. The Balaban J connectivity index is 1.98. The van der Waals surface area contributed by atoms with Crippen LogP contribution in [0.4, 0.5) is 0 Å². The third-order valence-electron chi connectivity index (χ3n) is 4.17. The van der Waals surface area contributed by atoms with Gasteiger partial charge in [0.1, 0.15) is 0 Å². The predicted molar refractivity (Wildman–Crippen MR) is 89.0 cm³/mol. The number of nitrogens with two attached hydrogens (primary N) is 1. The molecule has 0 spiro atoms. The minimum absolute atomic E-state index is 0.0849. The van der Waals surface area contributed by atoms with Crippen molar-refractivity contribution in [2.24, 2.45) is 11.7 Å². The third kappa shape index (κ3) is 3.26. The van der Waals surface area contributed by atoms with Crippen molar-refractivity contribution in [1.29, 1.82) is 0 Å². The number of aromatic nitrogens is 1. The van der Waals surface area contributed by atoms with E-state index in [1.54, 1.807) is 18.2 Å². The number of nitrogens with one attached hydrogen (secondary N) is 1. The van der Waals surface area contributed by atoms with Crippen molar-refractivity contribution in [3.8, 4) is 0 Å². The van der Waals surface area contributed by atoms with Gasteiger partial charge in [0.25, 0.3) is 0 Å². The topological polar surface area (TPSA) is 111 Å². The van der Waals surface area contributed by atoms with Gasteiger partial charge in [0, 0.05) is 29.6 Å². The van der Waals surface area contributed by atoms with E-state index in [0.29, 0.717) is 16.7 Å². The molecule has 24 heavy (non-hydrogen) atoms. The van der Waals surface area contributed by atoms with Crippen molar-refractivity contribution in [3.63, 3.8) is 0 Å². The third-order valence-corrected chi connectivity index (χ3v) is 5.65. The summed E-state index contributed by atoms with van der Waals surface area (Å²) in [5.41, 5.74) is 6.05. The Morgan fingerprint density at radius 1 is 1.38 bits per heavy atom. The first-order chi connectivity index (χ1) is 11.4. The second kappa shape index (κ2) is 6.46. The standard InChI is InChI=1S/C16H19N3O4S/c1-23-16(20)15-12-3-2-4-14(11(12)7-8-18-15)24(21,22)19-9-13(17)10-5-6-10/h2-4,7-8,10,13,19H,5-6,9,17H2,1H3. The largest absolute Gasteiger partial charge is 0.464 e. The van der Waals surface area contributed by atoms with Crippen LogP contribution in [0.5, 0.6) is 0 Å². The summed E-state index contributed by atoms with van der Waals surface area (Å²) in [4.78, 5) is 15.9. The fraction of sp³-hybridized carbons (Fsp3) is 0.375. The lowest BCUT2D eigenvalue weighted by Gasteiger charge is -2.14. The molecular weight excluding hydrogens is 330 g/mol. The quantitative estimate of drug-likeness (QED) is 0.754. The summed E-state index contributed by atoms with van der Waals surface area (Å²) in [6.45, 7) is 0.193. The average molecular weight is 349 g/mol. The summed E-state index contributed by atoms with van der Waals surface area (Å²) in [5.74, 6) is -0.214. The van der Waals surface area contributed by atoms with Gasteiger partial charge in [-0.05, 0) is 30.9 Å². The molecule has 2 aromatic rings. The molecule has 1 aromatic heterocycles. The van der Waals surface area contributed by atoms with Crippen molar-refractivity contribution < 1.29 is 17.9 Å². The van der Waals surface area contributed by atoms with Gasteiger partial charge in [-0.25, -0.2) is 22.9 Å². The Morgan fingerprint density at radius 3 is 2.79 bits per heavy atom. The van der Waals surface area contributed by atoms with Crippen LogP contribution in [0, 0.1) is 5.92 Å². The van der Waals surface area contributed by atoms with Gasteiger partial charge in [0.05, 0.1) is 12.0 Å². The Kier molecular flexibility index (Phi) is 4.53. The molecule has 1 saturated carbocycles. The van der Waals surface area contributed by atoms with Crippen LogP contribution in [0.25, 0.3) is 10.8 Å². The van der Waals surface area contributed by atoms with Crippen LogP contribution in [0.1, 0.15) is 23.3 Å². The maximum atomic E-state index is 12.6. The van der Waals surface area contributed by atoms with Crippen LogP contribution in [0.3, 0.4) is 0 Å². The maximum Gasteiger partial charge on any atom is 0.357 e. The predicted octanol–water partition coefficient (Wildman–Crippen LogP) is 1.04. The highest BCUT2D eigenvalue weighted by atomic mass is 32.2. The summed E-state index contributed by atoms with van der Waals surface area (Å²) in [6.07, 6.45) is 3.49. The van der Waals surface area contributed by atoms with Gasteiger partial charge in [-0.1, -0.05) is 12.1 Å². The molecule has 3 N–H and O–H groups in total. The van der Waals surface area contributed by atoms with Crippen LogP contribution in [-0.2, 0) is 14.8 Å². The maximum absolute atomic E-state index is 12.6. The van der Waals surface area contributed by atoms with E-state index in [2.05, 4.69) is 9.71 Å². The van der Waals surface area contributed by atoms with E-state index in [4.69, 9.17) is 10.5 Å². The van der Waals surface area contributed by atoms with E-state index in [1.807, 2.05) is 0 Å². The molecule has 1 aliphatic rings. The van der Waals surface area contributed by atoms with E-state index < -0.39 is 16.0 Å². The second-order valence-electron chi connectivity index (χ2n) is 5.86. The number of methoxy groups -OCH3 is 1. The highest BCUT2D eigenvalue weighted by Crippen LogP contribution is 2.31. The zero-order valence-corrected chi connectivity index (χ0v) is 14.0. The molecule has 1 unspecified atom stereocenters. The molecule has 1 atom stereocenters. The lowest BCUT2D eigenvalue weighted by atomic mass is 10.1. The number of rotatable bonds is 6. The van der Waals surface area contributed by atoms with E-state index in [0.717, 1.165) is 12.8 Å². The minimum atomic E-state index is -3.75. The lowest BCUT2D eigenvalue weighted by molar-refractivity contribution is 0.0596. The molecule has 0 saturated heterocycles. The second-order valence-corrected chi connectivity index (χ2v) is 7.59. The number of carbonyl (C=O) groups excluding carboxylic acids is 1. The molecule has 128 valence electrons. The number of esters is 1. The number of sulfonamides is 1. The number of hydrogen-bond donors (Lipinski definition) is 2. The van der Waals surface area contributed by atoms with E-state index in [1.165, 1.54) is 19.4 Å². The SMILES string of the molecule is COC(=O)c1nccc2c(S(=O)(=O)NCC(N)C3CC3)cccc12. The first kappa shape index (κ1) is 16.8. The monoisotopic (exact) mass is 349 g/mol. The van der Waals surface area contributed by atoms with Crippen molar-refractivity contribution in [2.75, 3.05) is 13.7 Å². The van der Waals surface area contributed by atoms with Crippen molar-refractivity contribution in [1.82, 2.24) is 9.71 Å². The number of nitrogens with zero attached hydrogens (tertiary/aromatic N) is 1. The van der Waals surface area contributed by atoms with Crippen LogP contribution in [-0.4, -0.2) is 39.1 Å². The van der Waals surface area contributed by atoms with Crippen LogP contribution >= 0.6 is 0 Å². The lowest BCUT2D eigenvalue weighted by Crippen LogP contribution is -2.38. The first-order valence-electron chi connectivity index (χ1n) is 7.65. The van der Waals surface area contributed by atoms with Crippen molar-refractivity contribution in [2.45, 2.75) is 23.8 Å². The average Bonchev–Trinajstić information content (AvgIpc) is 3.43. The molecular formula is C16H19N3O4S. The minimum Gasteiger partial charge on any atom is -0.464 e. The van der Waals surface area contributed by atoms with Gasteiger partial charge in [-0.3, -0.25) is 0 Å². The summed E-state index contributed by atoms with van der Waals surface area (Å²) in [7, 11) is -2.49. The number of hydrogen-bond acceptors (Lipinski definition) is 6. The first-order valence-corrected chi connectivity index (χ1v) is 9.13. The molecule has 0 bridgehead atoms. The number of benzene rings is 1. The molecule has 1 aromatic carbocycles. The van der Waals surface area contributed by atoms with E-state index in [-0.39, 0.29) is 23.2 Å². The number of fused-ring (bicyclic) bond motifs is 1. The highest BCUT2D eigenvalue weighted by molar-refractivity contribution is 7.89. The van der Waals surface area contributed by atoms with Gasteiger partial charge in [0.15, 0.2) is 5.69 Å². The fourth-order valence-corrected chi connectivity index (χ4v) is 3.94. The van der Waals surface area contributed by atoms with Crippen LogP contribution < -0.4 is 10.5 Å². The summed E-state index contributed by atoms with van der Waals surface area (Å²) in [6, 6.07) is 6.10. The fourth-order valence-electron chi connectivity index (χ4n) is 2.65. The van der Waals surface area contributed by atoms with Gasteiger partial charge in [-0.15, -0.1) is 0 Å². The summed E-state index contributed by atoms with van der Waals surface area (Å²) in [5, 5.41) is 0.846. The van der Waals surface area contributed by atoms with E-state index in [9.17, 15) is 13.2 Å². The van der Waals surface area contributed by atoms with Gasteiger partial charge in [0.2, 0.25) is 10.0 Å². The van der Waals surface area contributed by atoms with Crippen LogP contribution in [0.2, 0.25) is 0 Å². The normalized spacial score (nSPS) is 16.1. The smallest absolute Gasteiger partial charge is 0.357 e. The Morgan fingerprint density at radius 2 is 2.12 bits per heavy atom. The molecule has 0 aliphatic heterocycles. The molecule has 1 fully saturated rings. The number of pyridine rings is 1. The molecule has 7 nitrogen and oxygen atoms in total. The van der Waals surface area contributed by atoms with Gasteiger partial charge in [-0.2, -0.15) is 0 Å². The molecule has 0 amide bonds. The zero-order valence-electron chi connectivity index (χ0n) is 13.2. The van der Waals surface area contributed by atoms with Gasteiger partial charge >= 0.3 is 5.97 Å². The number of carbonyl (C=O) groups is 1. The van der Waals surface area contributed by atoms with E-state index >= 15 is 0 Å². The van der Waals surface area contributed by atoms with Gasteiger partial charge < -0.3 is 10.5 Å². The Hall–Kier alpha value is -2.03. The molecule has 1 heterocycles. The Labute approximate surface area is 140 Å². The highest BCUT2D eigenvalue weighted by Gasteiger charge is 2.29. The van der Waals surface area contributed by atoms with Crippen molar-refractivity contribution in [3.05, 3.63) is 36.2 Å². The zero-order chi connectivity index (χ0) is 17.3. The molecule has 0 radical (unpaired) electrons. The number of ether oxygens (including phenoxy) is 1.